The Labute approximate surface area is 174 Å². The van der Waals surface area contributed by atoms with E-state index in [2.05, 4.69) is 10.2 Å². The number of amides is 5. The highest BCUT2D eigenvalue weighted by Gasteiger charge is 2.45. The summed E-state index contributed by atoms with van der Waals surface area (Å²) in [6.45, 7) is 4.95. The molecule has 0 spiro atoms. The van der Waals surface area contributed by atoms with Crippen molar-refractivity contribution in [1.82, 2.24) is 20.6 Å². The number of piperazine rings is 1. The second-order valence-corrected chi connectivity index (χ2v) is 7.68. The Balaban J connectivity index is 1.61. The SMILES string of the molecule is CC1(C)NC(=O)N(CC(=O)N2CCN(c3ccccc3/C=C/C(=O)NO)CC2)C1=O. The Morgan fingerprint density at radius 1 is 1.17 bits per heavy atom. The van der Waals surface area contributed by atoms with Crippen molar-refractivity contribution < 1.29 is 24.4 Å². The lowest BCUT2D eigenvalue weighted by atomic mass is 10.1. The van der Waals surface area contributed by atoms with Crippen LogP contribution in [0.1, 0.15) is 19.4 Å². The first kappa shape index (κ1) is 21.3. The lowest BCUT2D eigenvalue weighted by Crippen LogP contribution is -2.52. The van der Waals surface area contributed by atoms with E-state index in [9.17, 15) is 19.2 Å². The molecule has 1 aromatic carbocycles. The molecule has 10 nitrogen and oxygen atoms in total. The zero-order valence-electron chi connectivity index (χ0n) is 16.9. The molecule has 1 aromatic rings. The van der Waals surface area contributed by atoms with E-state index in [4.69, 9.17) is 5.21 Å². The average molecular weight is 415 g/mol. The van der Waals surface area contributed by atoms with Gasteiger partial charge in [0.15, 0.2) is 0 Å². The van der Waals surface area contributed by atoms with Crippen molar-refractivity contribution in [3.8, 4) is 0 Å². The quantitative estimate of drug-likeness (QED) is 0.273. The third-order valence-electron chi connectivity index (χ3n) is 5.17. The molecule has 0 atom stereocenters. The minimum absolute atomic E-state index is 0.274. The van der Waals surface area contributed by atoms with Gasteiger partial charge in [-0.05, 0) is 31.6 Å². The molecule has 0 unspecified atom stereocenters. The van der Waals surface area contributed by atoms with Crippen molar-refractivity contribution in [2.75, 3.05) is 37.6 Å². The van der Waals surface area contributed by atoms with Crippen LogP contribution >= 0.6 is 0 Å². The van der Waals surface area contributed by atoms with Crippen molar-refractivity contribution in [2.45, 2.75) is 19.4 Å². The third-order valence-corrected chi connectivity index (χ3v) is 5.17. The van der Waals surface area contributed by atoms with Crippen molar-refractivity contribution in [3.63, 3.8) is 0 Å². The topological polar surface area (TPSA) is 122 Å². The number of carbonyl (C=O) groups is 4. The lowest BCUT2D eigenvalue weighted by Gasteiger charge is -2.37. The largest absolute Gasteiger partial charge is 0.367 e. The molecule has 10 heteroatoms. The highest BCUT2D eigenvalue weighted by atomic mass is 16.5. The zero-order valence-corrected chi connectivity index (χ0v) is 16.9. The van der Waals surface area contributed by atoms with Crippen molar-refractivity contribution in [3.05, 3.63) is 35.9 Å². The molecule has 0 aliphatic carbocycles. The molecular weight excluding hydrogens is 390 g/mol. The van der Waals surface area contributed by atoms with E-state index in [1.807, 2.05) is 24.3 Å². The molecule has 0 bridgehead atoms. The monoisotopic (exact) mass is 415 g/mol. The number of para-hydroxylation sites is 1. The maximum Gasteiger partial charge on any atom is 0.325 e. The Hall–Kier alpha value is -3.40. The molecule has 2 aliphatic heterocycles. The van der Waals surface area contributed by atoms with Crippen LogP contribution in [0.2, 0.25) is 0 Å². The molecular formula is C20H25N5O5. The summed E-state index contributed by atoms with van der Waals surface area (Å²) in [5.41, 5.74) is 2.27. The molecule has 2 heterocycles. The maximum atomic E-state index is 12.6. The van der Waals surface area contributed by atoms with Gasteiger partial charge in [0.25, 0.3) is 11.8 Å². The van der Waals surface area contributed by atoms with Gasteiger partial charge in [-0.2, -0.15) is 0 Å². The van der Waals surface area contributed by atoms with Crippen LogP contribution < -0.4 is 15.7 Å². The molecule has 2 saturated heterocycles. The van der Waals surface area contributed by atoms with E-state index in [1.54, 1.807) is 30.3 Å². The van der Waals surface area contributed by atoms with Crippen LogP contribution in [0.25, 0.3) is 6.08 Å². The van der Waals surface area contributed by atoms with Crippen LogP contribution in [-0.2, 0) is 14.4 Å². The molecule has 160 valence electrons. The summed E-state index contributed by atoms with van der Waals surface area (Å²) in [7, 11) is 0. The van der Waals surface area contributed by atoms with Gasteiger partial charge < -0.3 is 15.1 Å². The van der Waals surface area contributed by atoms with Crippen molar-refractivity contribution in [1.29, 1.82) is 0 Å². The second kappa shape index (κ2) is 8.54. The highest BCUT2D eigenvalue weighted by molar-refractivity contribution is 6.08. The minimum Gasteiger partial charge on any atom is -0.367 e. The number of imide groups is 1. The fourth-order valence-corrected chi connectivity index (χ4v) is 3.51. The van der Waals surface area contributed by atoms with Crippen LogP contribution in [0.5, 0.6) is 0 Å². The van der Waals surface area contributed by atoms with Crippen molar-refractivity contribution >= 4 is 35.5 Å². The van der Waals surface area contributed by atoms with Gasteiger partial charge in [-0.15, -0.1) is 0 Å². The number of rotatable bonds is 5. The number of hydrogen-bond donors (Lipinski definition) is 3. The molecule has 0 aromatic heterocycles. The van der Waals surface area contributed by atoms with Crippen LogP contribution in [0, 0.1) is 0 Å². The van der Waals surface area contributed by atoms with E-state index >= 15 is 0 Å². The molecule has 0 saturated carbocycles. The number of carbonyl (C=O) groups excluding carboxylic acids is 4. The highest BCUT2D eigenvalue weighted by Crippen LogP contribution is 2.23. The second-order valence-electron chi connectivity index (χ2n) is 7.68. The number of benzene rings is 1. The third kappa shape index (κ3) is 4.43. The maximum absolute atomic E-state index is 12.6. The minimum atomic E-state index is -1.000. The number of hydroxylamine groups is 1. The summed E-state index contributed by atoms with van der Waals surface area (Å²) >= 11 is 0. The van der Waals surface area contributed by atoms with Crippen LogP contribution in [-0.4, -0.2) is 77.0 Å². The molecule has 30 heavy (non-hydrogen) atoms. The molecule has 3 N–H and O–H groups in total. The predicted molar refractivity (Wildman–Crippen MR) is 109 cm³/mol. The molecule has 5 amide bonds. The number of nitrogens with one attached hydrogen (secondary N) is 2. The van der Waals surface area contributed by atoms with Crippen LogP contribution in [0.4, 0.5) is 10.5 Å². The first-order chi connectivity index (χ1) is 14.2. The van der Waals surface area contributed by atoms with E-state index in [0.717, 1.165) is 16.2 Å². The van der Waals surface area contributed by atoms with Gasteiger partial charge in [0, 0.05) is 37.9 Å². The summed E-state index contributed by atoms with van der Waals surface area (Å²) in [6.07, 6.45) is 2.84. The zero-order chi connectivity index (χ0) is 21.9. The normalized spacial score (nSPS) is 18.7. The fourth-order valence-electron chi connectivity index (χ4n) is 3.51. The Morgan fingerprint density at radius 3 is 2.43 bits per heavy atom. The van der Waals surface area contributed by atoms with Gasteiger partial charge in [0.1, 0.15) is 12.1 Å². The van der Waals surface area contributed by atoms with Gasteiger partial charge in [0.05, 0.1) is 0 Å². The summed E-state index contributed by atoms with van der Waals surface area (Å²) < 4.78 is 0. The van der Waals surface area contributed by atoms with E-state index < -0.39 is 23.4 Å². The van der Waals surface area contributed by atoms with Gasteiger partial charge in [-0.3, -0.25) is 24.5 Å². The number of hydrogen-bond acceptors (Lipinski definition) is 6. The van der Waals surface area contributed by atoms with Gasteiger partial charge in [-0.1, -0.05) is 18.2 Å². The summed E-state index contributed by atoms with van der Waals surface area (Å²) in [5.74, 6) is -1.31. The summed E-state index contributed by atoms with van der Waals surface area (Å²) in [6, 6.07) is 6.95. The Morgan fingerprint density at radius 2 is 1.83 bits per heavy atom. The molecule has 2 aliphatic rings. The number of anilines is 1. The first-order valence-electron chi connectivity index (χ1n) is 9.61. The molecule has 3 rings (SSSR count). The summed E-state index contributed by atoms with van der Waals surface area (Å²) in [5, 5.41) is 11.2. The lowest BCUT2D eigenvalue weighted by molar-refractivity contribution is -0.138. The average Bonchev–Trinajstić information content (AvgIpc) is 2.93. The van der Waals surface area contributed by atoms with E-state index in [-0.39, 0.29) is 12.5 Å². The van der Waals surface area contributed by atoms with E-state index in [0.29, 0.717) is 26.2 Å². The van der Waals surface area contributed by atoms with E-state index in [1.165, 1.54) is 6.08 Å². The standard InChI is InChI=1S/C20H25N5O5/c1-20(2)18(28)25(19(29)21-20)13-17(27)24-11-9-23(10-12-24)15-6-4-3-5-14(15)7-8-16(26)22-30/h3-8,30H,9-13H2,1-2H3,(H,21,29)(H,22,26)/b8-7+. The number of urea groups is 1. The fraction of sp³-hybridized carbons (Fsp3) is 0.400. The van der Waals surface area contributed by atoms with Gasteiger partial charge in [-0.25, -0.2) is 10.3 Å². The number of nitrogens with zero attached hydrogens (tertiary/aromatic N) is 3. The predicted octanol–water partition coefficient (Wildman–Crippen LogP) is 0.184. The molecule has 2 fully saturated rings. The van der Waals surface area contributed by atoms with Crippen LogP contribution in [0.15, 0.2) is 30.3 Å². The van der Waals surface area contributed by atoms with Crippen LogP contribution in [0.3, 0.4) is 0 Å². The molecule has 0 radical (unpaired) electrons. The first-order valence-corrected chi connectivity index (χ1v) is 9.61. The van der Waals surface area contributed by atoms with Gasteiger partial charge in [0.2, 0.25) is 5.91 Å². The smallest absolute Gasteiger partial charge is 0.325 e. The van der Waals surface area contributed by atoms with Crippen molar-refractivity contribution in [2.24, 2.45) is 0 Å². The Bertz CT molecular complexity index is 889. The van der Waals surface area contributed by atoms with Gasteiger partial charge >= 0.3 is 6.03 Å². The summed E-state index contributed by atoms with van der Waals surface area (Å²) in [4.78, 5) is 52.8. The Kier molecular flexibility index (Phi) is 6.06.